The summed E-state index contributed by atoms with van der Waals surface area (Å²) in [5.74, 6) is -1.16. The molecular formula is C22H21FN2O4S. The van der Waals surface area contributed by atoms with Crippen molar-refractivity contribution in [2.75, 3.05) is 17.1 Å². The van der Waals surface area contributed by atoms with Crippen molar-refractivity contribution < 1.29 is 22.3 Å². The lowest BCUT2D eigenvalue weighted by Crippen LogP contribution is -2.17. The Bertz CT molecular complexity index is 1210. The molecule has 0 aliphatic heterocycles. The van der Waals surface area contributed by atoms with Crippen molar-refractivity contribution in [3.05, 3.63) is 83.2 Å². The minimum Gasteiger partial charge on any atom is -0.495 e. The SMILES string of the molecule is COc1ccc(S(=O)(=O)Nc2ccc(C)cc2C)cc1NC(=O)c1ccccc1F. The summed E-state index contributed by atoms with van der Waals surface area (Å²) in [7, 11) is -2.55. The van der Waals surface area contributed by atoms with Gasteiger partial charge < -0.3 is 10.1 Å². The van der Waals surface area contributed by atoms with Gasteiger partial charge >= 0.3 is 0 Å². The first-order valence-electron chi connectivity index (χ1n) is 9.05. The zero-order chi connectivity index (χ0) is 21.9. The third-order valence-electron chi connectivity index (χ3n) is 4.47. The fraction of sp³-hybridized carbons (Fsp3) is 0.136. The molecule has 0 saturated heterocycles. The zero-order valence-corrected chi connectivity index (χ0v) is 17.5. The monoisotopic (exact) mass is 428 g/mol. The first-order chi connectivity index (χ1) is 14.2. The molecule has 156 valence electrons. The van der Waals surface area contributed by atoms with E-state index in [1.54, 1.807) is 19.1 Å². The molecule has 3 aromatic rings. The number of aryl methyl sites for hydroxylation is 2. The van der Waals surface area contributed by atoms with E-state index in [-0.39, 0.29) is 21.9 Å². The van der Waals surface area contributed by atoms with Crippen LogP contribution in [-0.4, -0.2) is 21.4 Å². The number of sulfonamides is 1. The van der Waals surface area contributed by atoms with Gasteiger partial charge in [0.2, 0.25) is 0 Å². The number of halogens is 1. The van der Waals surface area contributed by atoms with Crippen LogP contribution in [0, 0.1) is 19.7 Å². The first-order valence-corrected chi connectivity index (χ1v) is 10.5. The topological polar surface area (TPSA) is 84.5 Å². The Labute approximate surface area is 174 Å². The van der Waals surface area contributed by atoms with Crippen molar-refractivity contribution in [1.82, 2.24) is 0 Å². The molecule has 3 aromatic carbocycles. The molecule has 0 fully saturated rings. The maximum Gasteiger partial charge on any atom is 0.261 e. The molecule has 0 bridgehead atoms. The van der Waals surface area contributed by atoms with E-state index < -0.39 is 21.7 Å². The molecule has 0 radical (unpaired) electrons. The van der Waals surface area contributed by atoms with E-state index in [1.807, 2.05) is 13.0 Å². The molecule has 0 aromatic heterocycles. The largest absolute Gasteiger partial charge is 0.495 e. The van der Waals surface area contributed by atoms with Crippen LogP contribution < -0.4 is 14.8 Å². The summed E-state index contributed by atoms with van der Waals surface area (Å²) in [6.45, 7) is 3.72. The second-order valence-electron chi connectivity index (χ2n) is 6.72. The van der Waals surface area contributed by atoms with Crippen LogP contribution in [0.3, 0.4) is 0 Å². The van der Waals surface area contributed by atoms with Crippen molar-refractivity contribution >= 4 is 27.3 Å². The van der Waals surface area contributed by atoms with Crippen molar-refractivity contribution in [2.24, 2.45) is 0 Å². The zero-order valence-electron chi connectivity index (χ0n) is 16.7. The molecule has 0 spiro atoms. The summed E-state index contributed by atoms with van der Waals surface area (Å²) in [6.07, 6.45) is 0. The van der Waals surface area contributed by atoms with E-state index in [2.05, 4.69) is 10.0 Å². The molecule has 30 heavy (non-hydrogen) atoms. The lowest BCUT2D eigenvalue weighted by Gasteiger charge is -2.14. The highest BCUT2D eigenvalue weighted by atomic mass is 32.2. The van der Waals surface area contributed by atoms with Crippen LogP contribution in [0.1, 0.15) is 21.5 Å². The van der Waals surface area contributed by atoms with Gasteiger partial charge in [0.1, 0.15) is 11.6 Å². The fourth-order valence-corrected chi connectivity index (χ4v) is 4.08. The maximum atomic E-state index is 13.9. The van der Waals surface area contributed by atoms with Crippen LogP contribution in [0.5, 0.6) is 5.75 Å². The molecular weight excluding hydrogens is 407 g/mol. The highest BCUT2D eigenvalue weighted by molar-refractivity contribution is 7.92. The second kappa shape index (κ2) is 8.54. The number of benzene rings is 3. The van der Waals surface area contributed by atoms with Crippen LogP contribution in [0.2, 0.25) is 0 Å². The average Bonchev–Trinajstić information content (AvgIpc) is 2.70. The molecule has 0 atom stereocenters. The molecule has 3 rings (SSSR count). The van der Waals surface area contributed by atoms with Gasteiger partial charge in [0.25, 0.3) is 15.9 Å². The molecule has 0 heterocycles. The molecule has 1 amide bonds. The Kier molecular flexibility index (Phi) is 6.07. The standard InChI is InChI=1S/C22H21FN2O4S/c1-14-8-10-19(15(2)12-14)25-30(27,28)16-9-11-21(29-3)20(13-16)24-22(26)17-6-4-5-7-18(17)23/h4-13,25H,1-3H3,(H,24,26). The number of carbonyl (C=O) groups excluding carboxylic acids is 1. The molecule has 0 unspecified atom stereocenters. The van der Waals surface area contributed by atoms with Gasteiger partial charge in [0, 0.05) is 0 Å². The van der Waals surface area contributed by atoms with Crippen LogP contribution in [0.25, 0.3) is 0 Å². The number of hydrogen-bond donors (Lipinski definition) is 2. The highest BCUT2D eigenvalue weighted by Crippen LogP contribution is 2.29. The molecule has 0 aliphatic rings. The number of anilines is 2. The summed E-state index contributed by atoms with van der Waals surface area (Å²) in [4.78, 5) is 12.4. The number of amides is 1. The van der Waals surface area contributed by atoms with Crippen LogP contribution in [0.4, 0.5) is 15.8 Å². The highest BCUT2D eigenvalue weighted by Gasteiger charge is 2.20. The van der Waals surface area contributed by atoms with Gasteiger partial charge in [-0.25, -0.2) is 12.8 Å². The Hall–Kier alpha value is -3.39. The van der Waals surface area contributed by atoms with Gasteiger partial charge in [0.05, 0.1) is 28.9 Å². The summed E-state index contributed by atoms with van der Waals surface area (Å²) in [5, 5.41) is 2.52. The number of nitrogens with one attached hydrogen (secondary N) is 2. The van der Waals surface area contributed by atoms with E-state index in [4.69, 9.17) is 4.74 Å². The van der Waals surface area contributed by atoms with E-state index in [1.165, 1.54) is 49.6 Å². The van der Waals surface area contributed by atoms with Crippen molar-refractivity contribution in [3.63, 3.8) is 0 Å². The Morgan fingerprint density at radius 3 is 2.37 bits per heavy atom. The molecule has 6 nitrogen and oxygen atoms in total. The van der Waals surface area contributed by atoms with Gasteiger partial charge in [-0.3, -0.25) is 9.52 Å². The van der Waals surface area contributed by atoms with Gasteiger partial charge in [-0.1, -0.05) is 29.8 Å². The number of carbonyl (C=O) groups is 1. The second-order valence-corrected chi connectivity index (χ2v) is 8.40. The quantitative estimate of drug-likeness (QED) is 0.605. The van der Waals surface area contributed by atoms with E-state index in [0.717, 1.165) is 11.1 Å². The minimum atomic E-state index is -3.94. The van der Waals surface area contributed by atoms with E-state index >= 15 is 0 Å². The number of hydrogen-bond acceptors (Lipinski definition) is 4. The van der Waals surface area contributed by atoms with Gasteiger partial charge in [0.15, 0.2) is 0 Å². The lowest BCUT2D eigenvalue weighted by molar-refractivity contribution is 0.102. The number of rotatable bonds is 6. The summed E-state index contributed by atoms with van der Waals surface area (Å²) >= 11 is 0. The normalized spacial score (nSPS) is 11.1. The Morgan fingerprint density at radius 2 is 1.70 bits per heavy atom. The molecule has 0 aliphatic carbocycles. The maximum absolute atomic E-state index is 13.9. The van der Waals surface area contributed by atoms with Gasteiger partial charge in [-0.15, -0.1) is 0 Å². The Morgan fingerprint density at radius 1 is 0.967 bits per heavy atom. The summed E-state index contributed by atoms with van der Waals surface area (Å²) in [6, 6.07) is 14.9. The number of ether oxygens (including phenoxy) is 1. The predicted octanol–water partition coefficient (Wildman–Crippen LogP) is 4.50. The minimum absolute atomic E-state index is 0.0768. The smallest absolute Gasteiger partial charge is 0.261 e. The molecule has 0 saturated carbocycles. The third kappa shape index (κ3) is 4.60. The fourth-order valence-electron chi connectivity index (χ4n) is 2.92. The average molecular weight is 428 g/mol. The van der Waals surface area contributed by atoms with Crippen molar-refractivity contribution in [3.8, 4) is 5.75 Å². The van der Waals surface area contributed by atoms with Crippen LogP contribution in [0.15, 0.2) is 65.6 Å². The predicted molar refractivity (Wildman–Crippen MR) is 114 cm³/mol. The molecule has 8 heteroatoms. The van der Waals surface area contributed by atoms with E-state index in [9.17, 15) is 17.6 Å². The number of methoxy groups -OCH3 is 1. The van der Waals surface area contributed by atoms with Crippen LogP contribution in [-0.2, 0) is 10.0 Å². The first kappa shape index (κ1) is 21.3. The lowest BCUT2D eigenvalue weighted by atomic mass is 10.1. The van der Waals surface area contributed by atoms with Crippen LogP contribution >= 0.6 is 0 Å². The van der Waals surface area contributed by atoms with Crippen molar-refractivity contribution in [1.29, 1.82) is 0 Å². The third-order valence-corrected chi connectivity index (χ3v) is 5.84. The van der Waals surface area contributed by atoms with Gasteiger partial charge in [-0.2, -0.15) is 0 Å². The molecule has 2 N–H and O–H groups in total. The van der Waals surface area contributed by atoms with E-state index in [0.29, 0.717) is 5.69 Å². The Balaban J connectivity index is 1.93. The van der Waals surface area contributed by atoms with Crippen molar-refractivity contribution in [2.45, 2.75) is 18.7 Å². The van der Waals surface area contributed by atoms with Gasteiger partial charge in [-0.05, 0) is 55.8 Å². The summed E-state index contributed by atoms with van der Waals surface area (Å²) in [5.41, 5.74) is 2.18. The summed E-state index contributed by atoms with van der Waals surface area (Å²) < 4.78 is 47.4.